The molecule has 1 atom stereocenters. The first-order valence-corrected chi connectivity index (χ1v) is 7.37. The average Bonchev–Trinajstić information content (AvgIpc) is 3.25. The van der Waals surface area contributed by atoms with E-state index in [2.05, 4.69) is 28.8 Å². The van der Waals surface area contributed by atoms with Gasteiger partial charge in [0.2, 0.25) is 0 Å². The van der Waals surface area contributed by atoms with E-state index in [-0.39, 0.29) is 0 Å². The second-order valence-corrected chi connectivity index (χ2v) is 6.54. The lowest BCUT2D eigenvalue weighted by molar-refractivity contribution is 0.234. The Morgan fingerprint density at radius 1 is 1.39 bits per heavy atom. The lowest BCUT2D eigenvalue weighted by Gasteiger charge is -2.30. The van der Waals surface area contributed by atoms with Crippen molar-refractivity contribution in [1.82, 2.24) is 14.9 Å². The number of nitrogens with zero attached hydrogens (tertiary/aromatic N) is 2. The Morgan fingerprint density at radius 3 is 2.72 bits per heavy atom. The molecule has 1 unspecified atom stereocenters. The second-order valence-electron chi connectivity index (χ2n) is 6.54. The summed E-state index contributed by atoms with van der Waals surface area (Å²) < 4.78 is 2.15. The maximum atomic E-state index is 4.45. The summed E-state index contributed by atoms with van der Waals surface area (Å²) in [7, 11) is 2.10. The van der Waals surface area contributed by atoms with Crippen LogP contribution in [0.4, 0.5) is 0 Å². The predicted octanol–water partition coefficient (Wildman–Crippen LogP) is 2.52. The van der Waals surface area contributed by atoms with Gasteiger partial charge in [0.25, 0.3) is 0 Å². The van der Waals surface area contributed by atoms with Crippen LogP contribution in [0.2, 0.25) is 0 Å². The summed E-state index contributed by atoms with van der Waals surface area (Å²) in [4.78, 5) is 4.45. The zero-order chi connectivity index (χ0) is 12.6. The van der Waals surface area contributed by atoms with Crippen LogP contribution in [0.25, 0.3) is 0 Å². The molecule has 2 aliphatic rings. The predicted molar refractivity (Wildman–Crippen MR) is 73.4 cm³/mol. The molecule has 1 aromatic heterocycles. The molecule has 0 aliphatic heterocycles. The Balaban J connectivity index is 1.57. The molecule has 100 valence electrons. The van der Waals surface area contributed by atoms with Crippen LogP contribution in [0.5, 0.6) is 0 Å². The first-order chi connectivity index (χ1) is 8.67. The SMILES string of the molecule is Cn1ccnc1CCC(C)(CNC1CC1)C1CC1. The zero-order valence-corrected chi connectivity index (χ0v) is 11.7. The van der Waals surface area contributed by atoms with Crippen LogP contribution in [-0.2, 0) is 13.5 Å². The number of hydrogen-bond acceptors (Lipinski definition) is 2. The number of rotatable bonds is 7. The maximum Gasteiger partial charge on any atom is 0.108 e. The van der Waals surface area contributed by atoms with Crippen LogP contribution in [0.15, 0.2) is 12.4 Å². The van der Waals surface area contributed by atoms with Crippen molar-refractivity contribution in [2.75, 3.05) is 6.54 Å². The molecule has 0 spiro atoms. The first kappa shape index (κ1) is 12.2. The van der Waals surface area contributed by atoms with Crippen molar-refractivity contribution in [2.24, 2.45) is 18.4 Å². The second kappa shape index (κ2) is 4.69. The molecule has 3 rings (SSSR count). The zero-order valence-electron chi connectivity index (χ0n) is 11.7. The van der Waals surface area contributed by atoms with E-state index < -0.39 is 0 Å². The Kier molecular flexibility index (Phi) is 3.18. The Morgan fingerprint density at radius 2 is 2.17 bits per heavy atom. The van der Waals surface area contributed by atoms with Crippen LogP contribution in [0, 0.1) is 11.3 Å². The molecular formula is C15H25N3. The molecule has 0 bridgehead atoms. The minimum atomic E-state index is 0.481. The third-order valence-corrected chi connectivity index (χ3v) is 4.78. The topological polar surface area (TPSA) is 29.9 Å². The Hall–Kier alpha value is -0.830. The van der Waals surface area contributed by atoms with Crippen molar-refractivity contribution in [3.63, 3.8) is 0 Å². The van der Waals surface area contributed by atoms with Gasteiger partial charge in [-0.2, -0.15) is 0 Å². The highest BCUT2D eigenvalue weighted by Gasteiger charge is 2.41. The molecule has 3 heteroatoms. The summed E-state index contributed by atoms with van der Waals surface area (Å²) in [6.07, 6.45) is 12.0. The lowest BCUT2D eigenvalue weighted by Crippen LogP contribution is -2.35. The fourth-order valence-electron chi connectivity index (χ4n) is 2.92. The van der Waals surface area contributed by atoms with Gasteiger partial charge in [-0.05, 0) is 43.4 Å². The third kappa shape index (κ3) is 2.77. The molecule has 0 radical (unpaired) electrons. The standard InChI is InChI=1S/C15H25N3/c1-15(12-3-4-12,11-17-13-5-6-13)8-7-14-16-9-10-18(14)2/h9-10,12-13,17H,3-8,11H2,1-2H3. The number of imidazole rings is 1. The van der Waals surface area contributed by atoms with Gasteiger partial charge in [0, 0.05) is 38.4 Å². The fraction of sp³-hybridized carbons (Fsp3) is 0.800. The monoisotopic (exact) mass is 247 g/mol. The van der Waals surface area contributed by atoms with Crippen LogP contribution in [0.3, 0.4) is 0 Å². The lowest BCUT2D eigenvalue weighted by atomic mass is 9.80. The molecule has 0 saturated heterocycles. The molecule has 1 N–H and O–H groups in total. The van der Waals surface area contributed by atoms with Gasteiger partial charge >= 0.3 is 0 Å². The van der Waals surface area contributed by atoms with Gasteiger partial charge in [-0.15, -0.1) is 0 Å². The minimum absolute atomic E-state index is 0.481. The number of nitrogens with one attached hydrogen (secondary N) is 1. The summed E-state index contributed by atoms with van der Waals surface area (Å²) >= 11 is 0. The van der Waals surface area contributed by atoms with Gasteiger partial charge in [-0.1, -0.05) is 6.92 Å². The molecule has 1 heterocycles. The molecule has 3 nitrogen and oxygen atoms in total. The molecule has 2 fully saturated rings. The largest absolute Gasteiger partial charge is 0.338 e. The van der Waals surface area contributed by atoms with E-state index in [0.717, 1.165) is 18.4 Å². The van der Waals surface area contributed by atoms with Crippen molar-refractivity contribution in [1.29, 1.82) is 0 Å². The summed E-state index contributed by atoms with van der Waals surface area (Å²) in [5.74, 6) is 2.18. The smallest absolute Gasteiger partial charge is 0.108 e. The molecular weight excluding hydrogens is 222 g/mol. The highest BCUT2D eigenvalue weighted by atomic mass is 15.0. The quantitative estimate of drug-likeness (QED) is 0.802. The van der Waals surface area contributed by atoms with Gasteiger partial charge < -0.3 is 9.88 Å². The highest BCUT2D eigenvalue weighted by Crippen LogP contribution is 2.48. The van der Waals surface area contributed by atoms with Gasteiger partial charge in [0.05, 0.1) is 0 Å². The summed E-state index contributed by atoms with van der Waals surface area (Å²) in [5.41, 5.74) is 0.481. The van der Waals surface area contributed by atoms with Crippen molar-refractivity contribution < 1.29 is 0 Å². The highest BCUT2D eigenvalue weighted by molar-refractivity contribution is 4.98. The molecule has 18 heavy (non-hydrogen) atoms. The van der Waals surface area contributed by atoms with Crippen molar-refractivity contribution in [3.05, 3.63) is 18.2 Å². The fourth-order valence-corrected chi connectivity index (χ4v) is 2.92. The molecule has 0 amide bonds. The Bertz CT molecular complexity index is 404. The third-order valence-electron chi connectivity index (χ3n) is 4.78. The van der Waals surface area contributed by atoms with Crippen LogP contribution < -0.4 is 5.32 Å². The summed E-state index contributed by atoms with van der Waals surface area (Å²) in [6, 6.07) is 0.830. The van der Waals surface area contributed by atoms with Gasteiger partial charge in [0.1, 0.15) is 5.82 Å². The first-order valence-electron chi connectivity index (χ1n) is 7.37. The number of hydrogen-bond donors (Lipinski definition) is 1. The van der Waals surface area contributed by atoms with Crippen molar-refractivity contribution >= 4 is 0 Å². The van der Waals surface area contributed by atoms with Gasteiger partial charge in [-0.3, -0.25) is 0 Å². The van der Waals surface area contributed by atoms with E-state index in [1.165, 1.54) is 44.5 Å². The van der Waals surface area contributed by atoms with Crippen LogP contribution >= 0.6 is 0 Å². The van der Waals surface area contributed by atoms with Crippen LogP contribution in [0.1, 0.15) is 44.9 Å². The molecule has 1 aromatic rings. The van der Waals surface area contributed by atoms with E-state index in [4.69, 9.17) is 0 Å². The molecule has 2 aliphatic carbocycles. The van der Waals surface area contributed by atoms with E-state index in [9.17, 15) is 0 Å². The summed E-state index contributed by atoms with van der Waals surface area (Å²) in [6.45, 7) is 3.68. The van der Waals surface area contributed by atoms with E-state index in [1.54, 1.807) is 0 Å². The average molecular weight is 247 g/mol. The van der Waals surface area contributed by atoms with Gasteiger partial charge in [0.15, 0.2) is 0 Å². The maximum absolute atomic E-state index is 4.45. The molecule has 0 aromatic carbocycles. The number of aromatic nitrogens is 2. The van der Waals surface area contributed by atoms with E-state index >= 15 is 0 Å². The van der Waals surface area contributed by atoms with Crippen molar-refractivity contribution in [3.8, 4) is 0 Å². The number of aryl methyl sites for hydroxylation is 2. The summed E-state index contributed by atoms with van der Waals surface area (Å²) in [5, 5.41) is 3.74. The minimum Gasteiger partial charge on any atom is -0.338 e. The van der Waals surface area contributed by atoms with E-state index in [1.807, 2.05) is 12.4 Å². The van der Waals surface area contributed by atoms with Gasteiger partial charge in [-0.25, -0.2) is 4.98 Å². The van der Waals surface area contributed by atoms with E-state index in [0.29, 0.717) is 5.41 Å². The normalized spacial score (nSPS) is 23.0. The Labute approximate surface area is 110 Å². The molecule has 2 saturated carbocycles. The van der Waals surface area contributed by atoms with Crippen molar-refractivity contribution in [2.45, 2.75) is 51.5 Å². The van der Waals surface area contributed by atoms with Crippen LogP contribution in [-0.4, -0.2) is 22.1 Å².